The standard InChI is InChI=1S/C19H20N4O2/c1-19(2,3)23-15-10-5-4-9-14(15)21-18(23)22-17(25)13-8-6-7-12(11-13)16(20)24/h4-11H,1-3H3,(H2,20,24)(H,21,22,25). The number of nitrogens with one attached hydrogen (secondary N) is 1. The molecule has 3 N–H and O–H groups in total. The number of benzene rings is 2. The van der Waals surface area contributed by atoms with Crippen LogP contribution < -0.4 is 11.1 Å². The molecule has 2 aromatic carbocycles. The van der Waals surface area contributed by atoms with Crippen molar-refractivity contribution < 1.29 is 9.59 Å². The van der Waals surface area contributed by atoms with Crippen LogP contribution in [0.2, 0.25) is 0 Å². The molecule has 0 aliphatic carbocycles. The summed E-state index contributed by atoms with van der Waals surface area (Å²) >= 11 is 0. The third-order valence-electron chi connectivity index (χ3n) is 3.87. The third-order valence-corrected chi connectivity index (χ3v) is 3.87. The highest BCUT2D eigenvalue weighted by atomic mass is 16.2. The molecule has 0 bridgehead atoms. The number of aromatic nitrogens is 2. The van der Waals surface area contributed by atoms with Gasteiger partial charge >= 0.3 is 0 Å². The summed E-state index contributed by atoms with van der Waals surface area (Å²) in [6, 6.07) is 14.0. The molecule has 0 unspecified atom stereocenters. The molecule has 6 heteroatoms. The van der Waals surface area contributed by atoms with Gasteiger partial charge in [0.15, 0.2) is 0 Å². The van der Waals surface area contributed by atoms with Crippen molar-refractivity contribution in [2.24, 2.45) is 5.73 Å². The molecule has 0 saturated heterocycles. The molecule has 128 valence electrons. The second-order valence-corrected chi connectivity index (χ2v) is 6.83. The summed E-state index contributed by atoms with van der Waals surface area (Å²) in [4.78, 5) is 28.5. The number of rotatable bonds is 3. The van der Waals surface area contributed by atoms with E-state index in [0.717, 1.165) is 11.0 Å². The van der Waals surface area contributed by atoms with Gasteiger partial charge in [0, 0.05) is 16.7 Å². The molecule has 3 rings (SSSR count). The number of primary amides is 1. The van der Waals surface area contributed by atoms with Crippen LogP contribution in [0.5, 0.6) is 0 Å². The summed E-state index contributed by atoms with van der Waals surface area (Å²) in [5, 5.41) is 2.85. The largest absolute Gasteiger partial charge is 0.366 e. The molecule has 0 atom stereocenters. The van der Waals surface area contributed by atoms with Gasteiger partial charge in [0.05, 0.1) is 11.0 Å². The monoisotopic (exact) mass is 336 g/mol. The molecule has 0 fully saturated rings. The predicted molar refractivity (Wildman–Crippen MR) is 97.6 cm³/mol. The lowest BCUT2D eigenvalue weighted by atomic mass is 10.1. The number of hydrogen-bond donors (Lipinski definition) is 2. The first kappa shape index (κ1) is 16.7. The lowest BCUT2D eigenvalue weighted by Gasteiger charge is -2.24. The van der Waals surface area contributed by atoms with Gasteiger partial charge < -0.3 is 10.3 Å². The normalized spacial score (nSPS) is 11.5. The number of nitrogens with zero attached hydrogens (tertiary/aromatic N) is 2. The minimum atomic E-state index is -0.573. The van der Waals surface area contributed by atoms with Gasteiger partial charge in [-0.1, -0.05) is 18.2 Å². The van der Waals surface area contributed by atoms with Gasteiger partial charge in [-0.3, -0.25) is 14.9 Å². The van der Waals surface area contributed by atoms with Crippen molar-refractivity contribution in [2.45, 2.75) is 26.3 Å². The van der Waals surface area contributed by atoms with Crippen LogP contribution in [0.3, 0.4) is 0 Å². The van der Waals surface area contributed by atoms with Crippen LogP contribution in [-0.2, 0) is 5.54 Å². The number of para-hydroxylation sites is 2. The van der Waals surface area contributed by atoms with E-state index in [2.05, 4.69) is 10.3 Å². The van der Waals surface area contributed by atoms with Crippen molar-refractivity contribution >= 4 is 28.8 Å². The molecule has 0 radical (unpaired) electrons. The molecule has 0 aliphatic heterocycles. The molecule has 1 aromatic heterocycles. The number of anilines is 1. The van der Waals surface area contributed by atoms with Crippen LogP contribution in [0.4, 0.5) is 5.95 Å². The quantitative estimate of drug-likeness (QED) is 0.770. The molecule has 6 nitrogen and oxygen atoms in total. The molecule has 0 aliphatic rings. The predicted octanol–water partition coefficient (Wildman–Crippen LogP) is 3.14. The average Bonchev–Trinajstić information content (AvgIpc) is 2.92. The lowest BCUT2D eigenvalue weighted by Crippen LogP contribution is -2.26. The molecule has 1 heterocycles. The van der Waals surface area contributed by atoms with Gasteiger partial charge in [-0.2, -0.15) is 0 Å². The Hall–Kier alpha value is -3.15. The summed E-state index contributed by atoms with van der Waals surface area (Å²) in [5.41, 5.74) is 7.40. The fraction of sp³-hybridized carbons (Fsp3) is 0.211. The van der Waals surface area contributed by atoms with Crippen molar-refractivity contribution in [1.29, 1.82) is 0 Å². The van der Waals surface area contributed by atoms with Crippen LogP contribution in [0.1, 0.15) is 41.5 Å². The third kappa shape index (κ3) is 3.24. The maximum atomic E-state index is 12.6. The number of fused-ring (bicyclic) bond motifs is 1. The summed E-state index contributed by atoms with van der Waals surface area (Å²) in [6.07, 6.45) is 0. The fourth-order valence-electron chi connectivity index (χ4n) is 2.78. The molecule has 3 aromatic rings. The van der Waals surface area contributed by atoms with Gasteiger partial charge in [0.2, 0.25) is 11.9 Å². The lowest BCUT2D eigenvalue weighted by molar-refractivity contribution is 0.1000. The Morgan fingerprint density at radius 3 is 2.40 bits per heavy atom. The number of carbonyl (C=O) groups is 2. The zero-order valence-corrected chi connectivity index (χ0v) is 14.4. The van der Waals surface area contributed by atoms with E-state index >= 15 is 0 Å². The van der Waals surface area contributed by atoms with Crippen LogP contribution in [0.15, 0.2) is 48.5 Å². The highest BCUT2D eigenvalue weighted by molar-refractivity contribution is 6.05. The van der Waals surface area contributed by atoms with Crippen LogP contribution in [0, 0.1) is 0 Å². The van der Waals surface area contributed by atoms with Crippen molar-refractivity contribution in [3.8, 4) is 0 Å². The number of imidazole rings is 1. The summed E-state index contributed by atoms with van der Waals surface area (Å²) in [7, 11) is 0. The molecular weight excluding hydrogens is 316 g/mol. The molecule has 0 spiro atoms. The average molecular weight is 336 g/mol. The van der Waals surface area contributed by atoms with E-state index in [-0.39, 0.29) is 17.0 Å². The van der Waals surface area contributed by atoms with Crippen molar-refractivity contribution in [1.82, 2.24) is 9.55 Å². The van der Waals surface area contributed by atoms with Gasteiger partial charge in [0.1, 0.15) is 0 Å². The van der Waals surface area contributed by atoms with Crippen molar-refractivity contribution in [3.05, 3.63) is 59.7 Å². The number of nitrogens with two attached hydrogens (primary N) is 1. The number of amides is 2. The first-order valence-corrected chi connectivity index (χ1v) is 7.96. The van der Waals surface area contributed by atoms with E-state index in [1.54, 1.807) is 18.2 Å². The Morgan fingerprint density at radius 2 is 1.72 bits per heavy atom. The minimum absolute atomic E-state index is 0.270. The SMILES string of the molecule is CC(C)(C)n1c(NC(=O)c2cccc(C(N)=O)c2)nc2ccccc21. The van der Waals surface area contributed by atoms with E-state index < -0.39 is 5.91 Å². The topological polar surface area (TPSA) is 90.0 Å². The Labute approximate surface area is 145 Å². The minimum Gasteiger partial charge on any atom is -0.366 e. The molecule has 2 amide bonds. The number of carbonyl (C=O) groups excluding carboxylic acids is 2. The van der Waals surface area contributed by atoms with E-state index in [9.17, 15) is 9.59 Å². The van der Waals surface area contributed by atoms with Crippen LogP contribution in [-0.4, -0.2) is 21.4 Å². The van der Waals surface area contributed by atoms with Crippen LogP contribution >= 0.6 is 0 Å². The molecule has 25 heavy (non-hydrogen) atoms. The maximum absolute atomic E-state index is 12.6. The maximum Gasteiger partial charge on any atom is 0.257 e. The van der Waals surface area contributed by atoms with Gasteiger partial charge in [-0.05, 0) is 51.1 Å². The Bertz CT molecular complexity index is 967. The number of hydrogen-bond acceptors (Lipinski definition) is 3. The summed E-state index contributed by atoms with van der Waals surface area (Å²) in [6.45, 7) is 6.14. The summed E-state index contributed by atoms with van der Waals surface area (Å²) < 4.78 is 1.98. The Balaban J connectivity index is 2.02. The van der Waals surface area contributed by atoms with E-state index in [4.69, 9.17) is 5.73 Å². The molecular formula is C19H20N4O2. The second-order valence-electron chi connectivity index (χ2n) is 6.83. The Kier molecular flexibility index (Phi) is 4.04. The molecule has 0 saturated carbocycles. The van der Waals surface area contributed by atoms with Crippen molar-refractivity contribution in [2.75, 3.05) is 5.32 Å². The second kappa shape index (κ2) is 6.05. The zero-order chi connectivity index (χ0) is 18.2. The first-order chi connectivity index (χ1) is 11.8. The zero-order valence-electron chi connectivity index (χ0n) is 14.4. The Morgan fingerprint density at radius 1 is 1.04 bits per heavy atom. The first-order valence-electron chi connectivity index (χ1n) is 7.96. The fourth-order valence-corrected chi connectivity index (χ4v) is 2.78. The van der Waals surface area contributed by atoms with E-state index in [0.29, 0.717) is 11.5 Å². The summed E-state index contributed by atoms with van der Waals surface area (Å²) in [5.74, 6) is -0.455. The van der Waals surface area contributed by atoms with E-state index in [1.807, 2.05) is 49.6 Å². The van der Waals surface area contributed by atoms with Crippen LogP contribution in [0.25, 0.3) is 11.0 Å². The highest BCUT2D eigenvalue weighted by Gasteiger charge is 2.23. The van der Waals surface area contributed by atoms with Gasteiger partial charge in [-0.15, -0.1) is 0 Å². The van der Waals surface area contributed by atoms with Crippen molar-refractivity contribution in [3.63, 3.8) is 0 Å². The van der Waals surface area contributed by atoms with Gasteiger partial charge in [-0.25, -0.2) is 4.98 Å². The van der Waals surface area contributed by atoms with Gasteiger partial charge in [0.25, 0.3) is 5.91 Å². The highest BCUT2D eigenvalue weighted by Crippen LogP contribution is 2.28. The van der Waals surface area contributed by atoms with E-state index in [1.165, 1.54) is 6.07 Å². The smallest absolute Gasteiger partial charge is 0.257 e.